The molecule has 20 heavy (non-hydrogen) atoms. The summed E-state index contributed by atoms with van der Waals surface area (Å²) in [7, 11) is -3.43. The number of rotatable bonds is 4. The van der Waals surface area contributed by atoms with Crippen LogP contribution in [0.1, 0.15) is 24.0 Å². The molecule has 0 spiro atoms. The fourth-order valence-corrected chi connectivity index (χ4v) is 4.45. The fraction of sp³-hybridized carbons (Fsp3) is 0.500. The molecule has 6 heteroatoms. The highest BCUT2D eigenvalue weighted by Gasteiger charge is 2.73. The van der Waals surface area contributed by atoms with Crippen molar-refractivity contribution in [2.45, 2.75) is 30.6 Å². The molecule has 1 saturated carbocycles. The number of benzene rings is 1. The summed E-state index contributed by atoms with van der Waals surface area (Å²) in [5, 5.41) is -0.920. The van der Waals surface area contributed by atoms with E-state index in [-0.39, 0.29) is 6.61 Å². The second kappa shape index (κ2) is 4.86. The lowest BCUT2D eigenvalue weighted by molar-refractivity contribution is -0.145. The molecule has 5 nitrogen and oxygen atoms in total. The van der Waals surface area contributed by atoms with Gasteiger partial charge in [0.1, 0.15) is 5.54 Å². The first kappa shape index (κ1) is 15.0. The molecule has 0 bridgehead atoms. The average Bonchev–Trinajstić information content (AvgIpc) is 2.99. The predicted octanol–water partition coefficient (Wildman–Crippen LogP) is 0.766. The molecule has 1 aromatic rings. The van der Waals surface area contributed by atoms with Gasteiger partial charge in [0.05, 0.1) is 11.9 Å². The van der Waals surface area contributed by atoms with Crippen LogP contribution in [0.25, 0.3) is 0 Å². The molecular formula is C14H19NO4S. The minimum absolute atomic E-state index is 0.175. The normalized spacial score (nSPS) is 29.0. The Labute approximate surface area is 119 Å². The van der Waals surface area contributed by atoms with E-state index in [0.717, 1.165) is 17.4 Å². The van der Waals surface area contributed by atoms with Crippen molar-refractivity contribution in [3.8, 4) is 0 Å². The molecule has 1 fully saturated rings. The summed E-state index contributed by atoms with van der Waals surface area (Å²) >= 11 is 0. The Morgan fingerprint density at radius 2 is 1.90 bits per heavy atom. The number of hydrogen-bond acceptors (Lipinski definition) is 5. The van der Waals surface area contributed by atoms with E-state index in [1.54, 1.807) is 6.92 Å². The number of carbonyl (C=O) groups is 1. The predicted molar refractivity (Wildman–Crippen MR) is 76.1 cm³/mol. The largest absolute Gasteiger partial charge is 0.465 e. The van der Waals surface area contributed by atoms with Crippen LogP contribution in [-0.2, 0) is 19.4 Å². The van der Waals surface area contributed by atoms with Gasteiger partial charge >= 0.3 is 5.97 Å². The zero-order valence-electron chi connectivity index (χ0n) is 11.8. The van der Waals surface area contributed by atoms with E-state index in [0.29, 0.717) is 0 Å². The van der Waals surface area contributed by atoms with Crippen molar-refractivity contribution < 1.29 is 17.9 Å². The SMILES string of the molecule is CCOC(=O)[C@]1(N)[C@H](c2ccc(C)cc2)[C@@H]1S(C)(=O)=O. The van der Waals surface area contributed by atoms with Gasteiger partial charge in [-0.3, -0.25) is 0 Å². The molecular weight excluding hydrogens is 278 g/mol. The minimum Gasteiger partial charge on any atom is -0.465 e. The lowest BCUT2D eigenvalue weighted by atomic mass is 10.1. The molecule has 0 amide bonds. The Bertz CT molecular complexity index is 623. The monoisotopic (exact) mass is 297 g/mol. The molecule has 0 aliphatic heterocycles. The van der Waals surface area contributed by atoms with Gasteiger partial charge in [-0.1, -0.05) is 29.8 Å². The van der Waals surface area contributed by atoms with Crippen LogP contribution in [0.2, 0.25) is 0 Å². The Kier molecular flexibility index (Phi) is 3.64. The summed E-state index contributed by atoms with van der Waals surface area (Å²) in [6.45, 7) is 3.78. The van der Waals surface area contributed by atoms with Gasteiger partial charge in [-0.2, -0.15) is 0 Å². The molecule has 2 rings (SSSR count). The first-order valence-corrected chi connectivity index (χ1v) is 8.40. The van der Waals surface area contributed by atoms with E-state index in [2.05, 4.69) is 0 Å². The first-order chi connectivity index (χ1) is 9.22. The standard InChI is InChI=1S/C14H19NO4S/c1-4-19-13(16)14(15)11(12(14)20(3,17)18)10-7-5-9(2)6-8-10/h5-8,11-12H,4,15H2,1-3H3/t11-,12+,14+/m1/s1. The summed E-state index contributed by atoms with van der Waals surface area (Å²) < 4.78 is 28.7. The lowest BCUT2D eigenvalue weighted by Crippen LogP contribution is -2.41. The van der Waals surface area contributed by atoms with Crippen molar-refractivity contribution in [1.82, 2.24) is 0 Å². The zero-order chi connectivity index (χ0) is 15.1. The molecule has 3 atom stereocenters. The van der Waals surface area contributed by atoms with E-state index >= 15 is 0 Å². The summed E-state index contributed by atoms with van der Waals surface area (Å²) in [6.07, 6.45) is 1.10. The van der Waals surface area contributed by atoms with E-state index in [4.69, 9.17) is 10.5 Å². The van der Waals surface area contributed by atoms with Crippen molar-refractivity contribution in [2.75, 3.05) is 12.9 Å². The third kappa shape index (κ3) is 2.33. The second-order valence-corrected chi connectivity index (χ2v) is 7.46. The fourth-order valence-electron chi connectivity index (χ4n) is 2.70. The second-order valence-electron chi connectivity index (χ2n) is 5.29. The van der Waals surface area contributed by atoms with Gasteiger partial charge in [0.15, 0.2) is 9.84 Å². The molecule has 0 aromatic heterocycles. The van der Waals surface area contributed by atoms with E-state index in [9.17, 15) is 13.2 Å². The molecule has 0 radical (unpaired) electrons. The number of nitrogens with two attached hydrogens (primary N) is 1. The lowest BCUT2D eigenvalue weighted by Gasteiger charge is -2.10. The Morgan fingerprint density at radius 1 is 1.35 bits per heavy atom. The van der Waals surface area contributed by atoms with Crippen LogP contribution in [-0.4, -0.2) is 38.0 Å². The van der Waals surface area contributed by atoms with Crippen molar-refractivity contribution in [1.29, 1.82) is 0 Å². The summed E-state index contributed by atoms with van der Waals surface area (Å²) in [4.78, 5) is 12.0. The summed E-state index contributed by atoms with van der Waals surface area (Å²) in [5.74, 6) is -1.20. The maximum Gasteiger partial charge on any atom is 0.328 e. The number of hydrogen-bond donors (Lipinski definition) is 1. The van der Waals surface area contributed by atoms with Crippen molar-refractivity contribution in [2.24, 2.45) is 5.73 Å². The molecule has 2 N–H and O–H groups in total. The van der Waals surface area contributed by atoms with Gasteiger partial charge in [-0.05, 0) is 19.4 Å². The van der Waals surface area contributed by atoms with E-state index in [1.165, 1.54) is 0 Å². The first-order valence-electron chi connectivity index (χ1n) is 6.44. The van der Waals surface area contributed by atoms with Gasteiger partial charge in [0, 0.05) is 12.2 Å². The highest BCUT2D eigenvalue weighted by Crippen LogP contribution is 2.54. The van der Waals surface area contributed by atoms with Crippen LogP contribution in [0.15, 0.2) is 24.3 Å². The van der Waals surface area contributed by atoms with Gasteiger partial charge in [0.25, 0.3) is 0 Å². The van der Waals surface area contributed by atoms with Crippen LogP contribution >= 0.6 is 0 Å². The van der Waals surface area contributed by atoms with Crippen LogP contribution in [0.5, 0.6) is 0 Å². The highest BCUT2D eigenvalue weighted by atomic mass is 32.2. The van der Waals surface area contributed by atoms with E-state index < -0.39 is 32.5 Å². The van der Waals surface area contributed by atoms with Gasteiger partial charge < -0.3 is 10.5 Å². The third-order valence-corrected chi connectivity index (χ3v) is 5.29. The number of ether oxygens (including phenoxy) is 1. The summed E-state index contributed by atoms with van der Waals surface area (Å²) in [6, 6.07) is 7.37. The molecule has 1 aromatic carbocycles. The number of aryl methyl sites for hydroxylation is 1. The molecule has 0 heterocycles. The van der Waals surface area contributed by atoms with E-state index in [1.807, 2.05) is 31.2 Å². The maximum atomic E-state index is 12.0. The van der Waals surface area contributed by atoms with Crippen LogP contribution < -0.4 is 5.73 Å². The van der Waals surface area contributed by atoms with Gasteiger partial charge in [0.2, 0.25) is 0 Å². The van der Waals surface area contributed by atoms with Crippen LogP contribution in [0.4, 0.5) is 0 Å². The summed E-state index contributed by atoms with van der Waals surface area (Å²) in [5.41, 5.74) is 6.40. The quantitative estimate of drug-likeness (QED) is 0.829. The highest BCUT2D eigenvalue weighted by molar-refractivity contribution is 7.91. The number of esters is 1. The van der Waals surface area contributed by atoms with Gasteiger partial charge in [-0.25, -0.2) is 13.2 Å². The average molecular weight is 297 g/mol. The topological polar surface area (TPSA) is 86.5 Å². The zero-order valence-corrected chi connectivity index (χ0v) is 12.6. The number of sulfone groups is 1. The molecule has 1 aliphatic carbocycles. The maximum absolute atomic E-state index is 12.0. The molecule has 0 saturated heterocycles. The molecule has 110 valence electrons. The number of carbonyl (C=O) groups excluding carboxylic acids is 1. The van der Waals surface area contributed by atoms with Crippen LogP contribution in [0, 0.1) is 6.92 Å². The van der Waals surface area contributed by atoms with Crippen molar-refractivity contribution in [3.63, 3.8) is 0 Å². The Hall–Kier alpha value is -1.40. The molecule has 1 aliphatic rings. The third-order valence-electron chi connectivity index (χ3n) is 3.71. The van der Waals surface area contributed by atoms with Crippen LogP contribution in [0.3, 0.4) is 0 Å². The smallest absolute Gasteiger partial charge is 0.328 e. The molecule has 0 unspecified atom stereocenters. The Balaban J connectivity index is 2.41. The van der Waals surface area contributed by atoms with Crippen molar-refractivity contribution >= 4 is 15.8 Å². The Morgan fingerprint density at radius 3 is 2.35 bits per heavy atom. The van der Waals surface area contributed by atoms with Gasteiger partial charge in [-0.15, -0.1) is 0 Å². The minimum atomic E-state index is -3.43. The van der Waals surface area contributed by atoms with Crippen molar-refractivity contribution in [3.05, 3.63) is 35.4 Å².